The van der Waals surface area contributed by atoms with Crippen molar-refractivity contribution in [2.75, 3.05) is 0 Å². The number of carboxylic acids is 1. The normalized spacial score (nSPS) is 10.6. The fourth-order valence-corrected chi connectivity index (χ4v) is 1.99. The molecule has 0 aromatic carbocycles. The van der Waals surface area contributed by atoms with Gasteiger partial charge in [0.1, 0.15) is 0 Å². The van der Waals surface area contributed by atoms with E-state index in [1.54, 1.807) is 0 Å². The zero-order chi connectivity index (χ0) is 13.5. The van der Waals surface area contributed by atoms with Crippen LogP contribution < -0.4 is 0 Å². The maximum Gasteiger partial charge on any atom is 0.316 e. The van der Waals surface area contributed by atoms with Crippen LogP contribution in [0.2, 0.25) is 0 Å². The minimum absolute atomic E-state index is 0. The lowest BCUT2D eigenvalue weighted by Gasteiger charge is -1.98. The van der Waals surface area contributed by atoms with Crippen molar-refractivity contribution >= 4 is 29.0 Å². The highest BCUT2D eigenvalue weighted by atomic mass is 24.3. The van der Waals surface area contributed by atoms with Gasteiger partial charge in [0.15, 0.2) is 0 Å². The predicted octanol–water partition coefficient (Wildman–Crippen LogP) is 4.41. The highest BCUT2D eigenvalue weighted by Gasteiger charge is 1.95. The number of hydrogen-bond acceptors (Lipinski definition) is 1. The van der Waals surface area contributed by atoms with Crippen LogP contribution in [0.5, 0.6) is 0 Å². The van der Waals surface area contributed by atoms with E-state index in [-0.39, 0.29) is 23.1 Å². The van der Waals surface area contributed by atoms with Crippen LogP contribution in [-0.2, 0) is 4.79 Å². The Bertz CT molecular complexity index is 215. The fourth-order valence-electron chi connectivity index (χ4n) is 1.99. The van der Waals surface area contributed by atoms with E-state index in [1.807, 2.05) is 0 Å². The molecule has 0 saturated heterocycles. The van der Waals surface area contributed by atoms with Crippen LogP contribution in [0.25, 0.3) is 0 Å². The number of carboxylic acid groups (broad SMARTS) is 1. The molecule has 0 fully saturated rings. The molecular formula is C16H32MgO2. The Hall–Kier alpha value is -0.0238. The fraction of sp³-hybridized carbons (Fsp3) is 0.812. The van der Waals surface area contributed by atoms with Crippen molar-refractivity contribution in [3.63, 3.8) is 0 Å². The molecule has 19 heavy (non-hydrogen) atoms. The van der Waals surface area contributed by atoms with E-state index in [0.29, 0.717) is 6.42 Å². The van der Waals surface area contributed by atoms with E-state index in [4.69, 9.17) is 5.11 Å². The van der Waals surface area contributed by atoms with Gasteiger partial charge in [-0.1, -0.05) is 57.6 Å². The molecule has 0 aliphatic rings. The number of hydrogen-bond donors (Lipinski definition) is 1. The lowest BCUT2D eigenvalue weighted by atomic mass is 10.1. The summed E-state index contributed by atoms with van der Waals surface area (Å²) >= 11 is 0. The van der Waals surface area contributed by atoms with Gasteiger partial charge in [0.25, 0.3) is 0 Å². The summed E-state index contributed by atoms with van der Waals surface area (Å²) < 4.78 is 0. The lowest BCUT2D eigenvalue weighted by Crippen LogP contribution is -1.93. The Labute approximate surface area is 135 Å². The van der Waals surface area contributed by atoms with Crippen molar-refractivity contribution in [2.24, 2.45) is 0 Å². The lowest BCUT2D eigenvalue weighted by molar-refractivity contribution is -0.137. The number of rotatable bonds is 13. The average Bonchev–Trinajstić information content (AvgIpc) is 2.34. The third-order valence-corrected chi connectivity index (χ3v) is 3.15. The molecule has 0 aliphatic carbocycles. The summed E-state index contributed by atoms with van der Waals surface area (Å²) in [6.45, 7) is 2.24. The molecule has 0 heterocycles. The second-order valence-electron chi connectivity index (χ2n) is 5.02. The molecule has 0 saturated carbocycles. The van der Waals surface area contributed by atoms with Crippen LogP contribution in [0.4, 0.5) is 0 Å². The van der Waals surface area contributed by atoms with E-state index >= 15 is 0 Å². The Morgan fingerprint density at radius 1 is 0.842 bits per heavy atom. The minimum atomic E-state index is -0.666. The van der Waals surface area contributed by atoms with Gasteiger partial charge in [-0.05, 0) is 32.1 Å². The molecule has 110 valence electrons. The highest BCUT2D eigenvalue weighted by Crippen LogP contribution is 2.08. The zero-order valence-corrected chi connectivity index (χ0v) is 12.0. The van der Waals surface area contributed by atoms with Crippen LogP contribution >= 0.6 is 0 Å². The maximum atomic E-state index is 10.3. The number of allylic oxidation sites excluding steroid dienone is 2. The topological polar surface area (TPSA) is 37.3 Å². The summed E-state index contributed by atoms with van der Waals surface area (Å²) in [6.07, 6.45) is 18.3. The van der Waals surface area contributed by atoms with Gasteiger partial charge in [-0.3, -0.25) is 4.79 Å². The van der Waals surface area contributed by atoms with Gasteiger partial charge < -0.3 is 5.11 Å². The molecule has 0 spiro atoms. The summed E-state index contributed by atoms with van der Waals surface area (Å²) in [6, 6.07) is 0. The first-order chi connectivity index (χ1) is 8.77. The molecule has 0 amide bonds. The summed E-state index contributed by atoms with van der Waals surface area (Å²) in [7, 11) is 0. The molecule has 0 atom stereocenters. The van der Waals surface area contributed by atoms with Crippen LogP contribution in [0.3, 0.4) is 0 Å². The molecule has 0 aliphatic heterocycles. The molecular weight excluding hydrogens is 248 g/mol. The van der Waals surface area contributed by atoms with Crippen molar-refractivity contribution < 1.29 is 9.90 Å². The Balaban J connectivity index is 0. The van der Waals surface area contributed by atoms with Crippen molar-refractivity contribution in [3.05, 3.63) is 12.2 Å². The largest absolute Gasteiger partial charge is 0.481 e. The van der Waals surface area contributed by atoms with E-state index in [0.717, 1.165) is 12.8 Å². The first kappa shape index (κ1) is 21.3. The second-order valence-corrected chi connectivity index (χ2v) is 5.02. The van der Waals surface area contributed by atoms with Gasteiger partial charge >= 0.3 is 29.0 Å². The molecule has 0 aromatic heterocycles. The van der Waals surface area contributed by atoms with Gasteiger partial charge in [-0.2, -0.15) is 0 Å². The van der Waals surface area contributed by atoms with E-state index in [9.17, 15) is 4.79 Å². The second kappa shape index (κ2) is 18.0. The number of carbonyl (C=O) groups is 1. The van der Waals surface area contributed by atoms with Crippen LogP contribution in [0, 0.1) is 0 Å². The molecule has 0 aromatic rings. The Morgan fingerprint density at radius 3 is 1.84 bits per heavy atom. The molecule has 3 heteroatoms. The highest BCUT2D eigenvalue weighted by molar-refractivity contribution is 5.75. The number of aliphatic carboxylic acids is 1. The Morgan fingerprint density at radius 2 is 1.32 bits per heavy atom. The first-order valence-electron chi connectivity index (χ1n) is 7.64. The minimum Gasteiger partial charge on any atom is -0.481 e. The van der Waals surface area contributed by atoms with E-state index < -0.39 is 5.97 Å². The van der Waals surface area contributed by atoms with Gasteiger partial charge in [-0.25, -0.2) is 0 Å². The quantitative estimate of drug-likeness (QED) is 0.308. The van der Waals surface area contributed by atoms with Crippen molar-refractivity contribution in [1.82, 2.24) is 0 Å². The molecule has 1 N–H and O–H groups in total. The predicted molar refractivity (Wildman–Crippen MR) is 86.4 cm³/mol. The third-order valence-electron chi connectivity index (χ3n) is 3.15. The molecule has 0 radical (unpaired) electrons. The summed E-state index contributed by atoms with van der Waals surface area (Å²) in [5, 5.41) is 8.48. The summed E-state index contributed by atoms with van der Waals surface area (Å²) in [4.78, 5) is 10.3. The van der Waals surface area contributed by atoms with Crippen molar-refractivity contribution in [3.8, 4) is 0 Å². The monoisotopic (exact) mass is 280 g/mol. The first-order valence-corrected chi connectivity index (χ1v) is 7.64. The van der Waals surface area contributed by atoms with E-state index in [1.165, 1.54) is 57.8 Å². The van der Waals surface area contributed by atoms with Crippen LogP contribution in [-0.4, -0.2) is 34.1 Å². The van der Waals surface area contributed by atoms with Crippen molar-refractivity contribution in [1.29, 1.82) is 0 Å². The summed E-state index contributed by atoms with van der Waals surface area (Å²) in [5.74, 6) is -0.666. The van der Waals surface area contributed by atoms with Crippen molar-refractivity contribution in [2.45, 2.75) is 84.0 Å². The molecule has 0 rings (SSSR count). The standard InChI is InChI=1S/C16H30O2.Mg.2H/c1-2-3-4-5-6-7-8-9-10-11-12-13-14-15-16(17)18;;;/h7-8H,2-6,9-15H2,1H3,(H,17,18);;;/b8-7-;;;. The Kier molecular flexibility index (Phi) is 20.1. The maximum absolute atomic E-state index is 10.3. The smallest absolute Gasteiger partial charge is 0.316 e. The van der Waals surface area contributed by atoms with Gasteiger partial charge in [0, 0.05) is 6.42 Å². The van der Waals surface area contributed by atoms with Crippen LogP contribution in [0.15, 0.2) is 12.2 Å². The van der Waals surface area contributed by atoms with Gasteiger partial charge in [0.2, 0.25) is 0 Å². The molecule has 0 bridgehead atoms. The van der Waals surface area contributed by atoms with E-state index in [2.05, 4.69) is 19.1 Å². The summed E-state index contributed by atoms with van der Waals surface area (Å²) in [5.41, 5.74) is 0. The zero-order valence-electron chi connectivity index (χ0n) is 12.0. The molecule has 2 nitrogen and oxygen atoms in total. The SMILES string of the molecule is CCCCCC/C=C\CCCCCCCC(=O)O.[MgH2]. The van der Waals surface area contributed by atoms with Gasteiger partial charge in [0.05, 0.1) is 0 Å². The van der Waals surface area contributed by atoms with Gasteiger partial charge in [-0.15, -0.1) is 0 Å². The molecule has 0 unspecified atom stereocenters. The number of unbranched alkanes of at least 4 members (excludes halogenated alkanes) is 9. The van der Waals surface area contributed by atoms with Crippen LogP contribution in [0.1, 0.15) is 84.0 Å². The average molecular weight is 281 g/mol. The third kappa shape index (κ3) is 20.5.